The number of thiocarbonyl (C=S) groups is 1. The van der Waals surface area contributed by atoms with Gasteiger partial charge in [0.1, 0.15) is 12.3 Å². The van der Waals surface area contributed by atoms with Gasteiger partial charge >= 0.3 is 0 Å². The summed E-state index contributed by atoms with van der Waals surface area (Å²) in [5.74, 6) is 0.0696. The Morgan fingerprint density at radius 1 is 1.17 bits per heavy atom. The highest BCUT2D eigenvalue weighted by Gasteiger charge is 2.35. The molecule has 3 aliphatic rings. The van der Waals surface area contributed by atoms with Crippen molar-refractivity contribution in [3.63, 3.8) is 0 Å². The summed E-state index contributed by atoms with van der Waals surface area (Å²) in [6.07, 6.45) is 7.21. The summed E-state index contributed by atoms with van der Waals surface area (Å²) in [6, 6.07) is 7.89. The maximum atomic E-state index is 12.8. The Hall–Kier alpha value is -3.00. The van der Waals surface area contributed by atoms with Gasteiger partial charge in [-0.3, -0.25) is 14.5 Å². The Kier molecular flexibility index (Phi) is 5.44. The lowest BCUT2D eigenvalue weighted by Gasteiger charge is -2.37. The van der Waals surface area contributed by atoms with Crippen LogP contribution in [0.2, 0.25) is 0 Å². The molecule has 1 atom stereocenters. The molecule has 1 saturated heterocycles. The van der Waals surface area contributed by atoms with Crippen molar-refractivity contribution in [3.8, 4) is 5.75 Å². The number of piperazine rings is 1. The standard InChI is InChI=1S/C21H22N4O3S/c1-28-16-8-6-15(7-9-16)23-10-12-24(13-11-23)19(26)14-25-20(27)17-4-2-3-5-18(17)22-21(25)29/h2-9,17H,10-14H2,1H3. The van der Waals surface area contributed by atoms with Crippen LogP contribution < -0.4 is 9.64 Å². The van der Waals surface area contributed by atoms with Crippen molar-refractivity contribution in [1.29, 1.82) is 0 Å². The minimum absolute atomic E-state index is 0.0644. The fourth-order valence-electron chi connectivity index (χ4n) is 3.67. The second kappa shape index (κ2) is 8.16. The average molecular weight is 410 g/mol. The topological polar surface area (TPSA) is 65.5 Å². The van der Waals surface area contributed by atoms with Crippen LogP contribution in [0.15, 0.2) is 53.6 Å². The lowest BCUT2D eigenvalue weighted by molar-refractivity contribution is -0.138. The van der Waals surface area contributed by atoms with Crippen molar-refractivity contribution in [2.75, 3.05) is 44.7 Å². The van der Waals surface area contributed by atoms with Crippen molar-refractivity contribution < 1.29 is 14.3 Å². The van der Waals surface area contributed by atoms with E-state index in [2.05, 4.69) is 9.89 Å². The number of carbonyl (C=O) groups excluding carboxylic acids is 2. The van der Waals surface area contributed by atoms with Gasteiger partial charge in [0, 0.05) is 31.9 Å². The molecule has 0 N–H and O–H groups in total. The summed E-state index contributed by atoms with van der Waals surface area (Å²) >= 11 is 5.27. The van der Waals surface area contributed by atoms with E-state index < -0.39 is 5.92 Å². The molecule has 0 saturated carbocycles. The highest BCUT2D eigenvalue weighted by molar-refractivity contribution is 7.80. The lowest BCUT2D eigenvalue weighted by atomic mass is 9.95. The molecule has 7 nitrogen and oxygen atoms in total. The molecule has 2 heterocycles. The number of ether oxygens (including phenoxy) is 1. The van der Waals surface area contributed by atoms with E-state index in [1.165, 1.54) is 4.90 Å². The molecule has 1 aromatic carbocycles. The summed E-state index contributed by atoms with van der Waals surface area (Å²) in [5.41, 5.74) is 1.74. The number of benzene rings is 1. The average Bonchev–Trinajstić information content (AvgIpc) is 2.76. The molecule has 29 heavy (non-hydrogen) atoms. The number of rotatable bonds is 4. The van der Waals surface area contributed by atoms with Gasteiger partial charge < -0.3 is 14.5 Å². The normalized spacial score (nSPS) is 21.2. The quantitative estimate of drug-likeness (QED) is 0.707. The first kappa shape index (κ1) is 19.3. The molecule has 0 aromatic heterocycles. The first-order chi connectivity index (χ1) is 14.1. The molecule has 4 rings (SSSR count). The monoisotopic (exact) mass is 410 g/mol. The molecule has 150 valence electrons. The number of anilines is 1. The van der Waals surface area contributed by atoms with Crippen LogP contribution in [0, 0.1) is 5.92 Å². The summed E-state index contributed by atoms with van der Waals surface area (Å²) in [6.45, 7) is 2.59. The van der Waals surface area contributed by atoms with Gasteiger partial charge in [-0.05, 0) is 42.6 Å². The zero-order chi connectivity index (χ0) is 20.4. The zero-order valence-electron chi connectivity index (χ0n) is 16.2. The first-order valence-electron chi connectivity index (χ1n) is 9.52. The van der Waals surface area contributed by atoms with Crippen LogP contribution in [0.5, 0.6) is 5.75 Å². The predicted molar refractivity (Wildman–Crippen MR) is 115 cm³/mol. The van der Waals surface area contributed by atoms with Gasteiger partial charge in [0.2, 0.25) is 16.9 Å². The number of aliphatic imine (C=N–C) groups is 1. The Bertz CT molecular complexity index is 914. The fraction of sp³-hybridized carbons (Fsp3) is 0.333. The summed E-state index contributed by atoms with van der Waals surface area (Å²) < 4.78 is 5.20. The van der Waals surface area contributed by atoms with E-state index in [4.69, 9.17) is 17.0 Å². The summed E-state index contributed by atoms with van der Waals surface area (Å²) in [7, 11) is 1.64. The Labute approximate surface area is 174 Å². The molecule has 1 fully saturated rings. The number of carbonyl (C=O) groups is 2. The number of amides is 2. The van der Waals surface area contributed by atoms with Gasteiger partial charge in [0.25, 0.3) is 0 Å². The van der Waals surface area contributed by atoms with Gasteiger partial charge in [0.15, 0.2) is 0 Å². The minimum atomic E-state index is -0.452. The first-order valence-corrected chi connectivity index (χ1v) is 9.93. The molecule has 1 unspecified atom stereocenters. The van der Waals surface area contributed by atoms with Crippen LogP contribution in [0.1, 0.15) is 0 Å². The van der Waals surface area contributed by atoms with Gasteiger partial charge in [-0.1, -0.05) is 18.2 Å². The molecule has 8 heteroatoms. The van der Waals surface area contributed by atoms with E-state index >= 15 is 0 Å². The van der Waals surface area contributed by atoms with E-state index in [1.807, 2.05) is 36.4 Å². The maximum absolute atomic E-state index is 12.8. The van der Waals surface area contributed by atoms with E-state index in [1.54, 1.807) is 24.2 Å². The third-order valence-corrected chi connectivity index (χ3v) is 5.66. The number of hydrogen-bond acceptors (Lipinski definition) is 5. The molecular formula is C21H22N4O3S. The van der Waals surface area contributed by atoms with Crippen LogP contribution in [-0.2, 0) is 9.59 Å². The number of hydrogen-bond donors (Lipinski definition) is 0. The maximum Gasteiger partial charge on any atom is 0.242 e. The van der Waals surface area contributed by atoms with E-state index in [0.29, 0.717) is 18.8 Å². The van der Waals surface area contributed by atoms with Gasteiger partial charge in [-0.25, -0.2) is 4.99 Å². The van der Waals surface area contributed by atoms with Crippen LogP contribution in [0.3, 0.4) is 0 Å². The molecule has 1 aliphatic carbocycles. The number of methoxy groups -OCH3 is 1. The molecule has 2 aliphatic heterocycles. The van der Waals surface area contributed by atoms with Crippen molar-refractivity contribution in [2.45, 2.75) is 0 Å². The van der Waals surface area contributed by atoms with E-state index in [0.717, 1.165) is 24.5 Å². The predicted octanol–water partition coefficient (Wildman–Crippen LogP) is 1.65. The van der Waals surface area contributed by atoms with Crippen molar-refractivity contribution in [2.24, 2.45) is 10.9 Å². The number of fused-ring (bicyclic) bond motifs is 1. The summed E-state index contributed by atoms with van der Waals surface area (Å²) in [5, 5.41) is 0.159. The highest BCUT2D eigenvalue weighted by Crippen LogP contribution is 2.22. The minimum Gasteiger partial charge on any atom is -0.497 e. The second-order valence-corrected chi connectivity index (χ2v) is 7.40. The van der Waals surface area contributed by atoms with Gasteiger partial charge in [0.05, 0.1) is 18.7 Å². The smallest absolute Gasteiger partial charge is 0.242 e. The Balaban J connectivity index is 1.36. The van der Waals surface area contributed by atoms with Crippen LogP contribution in [-0.4, -0.2) is 72.3 Å². The van der Waals surface area contributed by atoms with Crippen LogP contribution in [0.4, 0.5) is 5.69 Å². The molecule has 1 aromatic rings. The third kappa shape index (κ3) is 3.93. The Morgan fingerprint density at radius 3 is 2.59 bits per heavy atom. The van der Waals surface area contributed by atoms with Crippen LogP contribution in [0.25, 0.3) is 0 Å². The second-order valence-electron chi connectivity index (χ2n) is 7.03. The third-order valence-electron chi connectivity index (χ3n) is 5.35. The van der Waals surface area contributed by atoms with E-state index in [-0.39, 0.29) is 23.5 Å². The summed E-state index contributed by atoms with van der Waals surface area (Å²) in [4.78, 5) is 35.2. The molecule has 2 amide bonds. The number of nitrogens with zero attached hydrogens (tertiary/aromatic N) is 4. The Morgan fingerprint density at radius 2 is 1.90 bits per heavy atom. The zero-order valence-corrected chi connectivity index (χ0v) is 17.0. The van der Waals surface area contributed by atoms with Crippen LogP contribution >= 0.6 is 12.2 Å². The van der Waals surface area contributed by atoms with E-state index in [9.17, 15) is 9.59 Å². The lowest BCUT2D eigenvalue weighted by Crippen LogP contribution is -2.54. The molecule has 0 spiro atoms. The fourth-order valence-corrected chi connectivity index (χ4v) is 3.93. The van der Waals surface area contributed by atoms with Crippen molar-refractivity contribution in [3.05, 3.63) is 48.6 Å². The van der Waals surface area contributed by atoms with Crippen molar-refractivity contribution >= 4 is 40.5 Å². The van der Waals surface area contributed by atoms with Gasteiger partial charge in [-0.2, -0.15) is 0 Å². The molecular weight excluding hydrogens is 388 g/mol. The molecule has 0 radical (unpaired) electrons. The number of allylic oxidation sites excluding steroid dienone is 3. The largest absolute Gasteiger partial charge is 0.497 e. The van der Waals surface area contributed by atoms with Crippen molar-refractivity contribution in [1.82, 2.24) is 9.80 Å². The van der Waals surface area contributed by atoms with Gasteiger partial charge in [-0.15, -0.1) is 0 Å². The highest BCUT2D eigenvalue weighted by atomic mass is 32.1. The SMILES string of the molecule is COc1ccc(N2CCN(C(=O)CN3C(=O)C4C=CC=CC4=NC3=S)CC2)cc1. The molecule has 0 bridgehead atoms.